The Kier molecular flexibility index (Phi) is 10.4. The summed E-state index contributed by atoms with van der Waals surface area (Å²) in [5.74, 6) is -0.0565. The Morgan fingerprint density at radius 2 is 1.89 bits per heavy atom. The highest BCUT2D eigenvalue weighted by molar-refractivity contribution is 7.13. The van der Waals surface area contributed by atoms with E-state index in [0.29, 0.717) is 19.5 Å². The van der Waals surface area contributed by atoms with Gasteiger partial charge in [-0.05, 0) is 24.5 Å². The summed E-state index contributed by atoms with van der Waals surface area (Å²) in [6.07, 6.45) is 0.0628. The van der Waals surface area contributed by atoms with Gasteiger partial charge < -0.3 is 26.0 Å². The molecule has 1 aliphatic heterocycles. The molecule has 1 fully saturated rings. The number of carbonyl (C=O) groups excluding carboxylic acids is 1. The van der Waals surface area contributed by atoms with Gasteiger partial charge in [0.25, 0.3) is 12.9 Å². The second-order valence-electron chi connectivity index (χ2n) is 5.74. The van der Waals surface area contributed by atoms with Crippen molar-refractivity contribution in [2.45, 2.75) is 32.0 Å². The first-order valence-corrected chi connectivity index (χ1v) is 9.19. The number of β-amino-alcohol motifs (C(OH)–C–C–N with tert-alkyl or cyclic N) is 1. The fourth-order valence-corrected chi connectivity index (χ4v) is 3.39. The molecule has 0 spiro atoms. The van der Waals surface area contributed by atoms with Gasteiger partial charge in [0.05, 0.1) is 28.2 Å². The predicted molar refractivity (Wildman–Crippen MR) is 104 cm³/mol. The molecule has 5 N–H and O–H groups in total. The molecule has 10 heteroatoms. The second kappa shape index (κ2) is 12.5. The Morgan fingerprint density at radius 1 is 1.29 bits per heavy atom. The van der Waals surface area contributed by atoms with Crippen molar-refractivity contribution in [1.29, 1.82) is 0 Å². The normalized spacial score (nSPS) is 17.4. The third-order valence-electron chi connectivity index (χ3n) is 3.85. The van der Waals surface area contributed by atoms with Crippen LogP contribution in [0.3, 0.4) is 0 Å². The molecule has 0 aliphatic carbocycles. The van der Waals surface area contributed by atoms with Gasteiger partial charge in [-0.3, -0.25) is 14.4 Å². The summed E-state index contributed by atoms with van der Waals surface area (Å²) in [7, 11) is 0. The molecule has 3 rings (SSSR count). The molecule has 1 aromatic heterocycles. The third-order valence-corrected chi connectivity index (χ3v) is 4.83. The fraction of sp³-hybridized carbons (Fsp3) is 0.333. The smallest absolute Gasteiger partial charge is 0.290 e. The number of hydrogen-bond donors (Lipinski definition) is 5. The summed E-state index contributed by atoms with van der Waals surface area (Å²) >= 11 is 1.63. The van der Waals surface area contributed by atoms with E-state index in [1.54, 1.807) is 11.3 Å². The number of nitrogens with zero attached hydrogens (tertiary/aromatic N) is 1. The van der Waals surface area contributed by atoms with Gasteiger partial charge in [-0.15, -0.1) is 11.3 Å². The molecule has 2 atom stereocenters. The molecule has 2 unspecified atom stereocenters. The monoisotopic (exact) mass is 409 g/mol. The maximum atomic E-state index is 12.0. The topological polar surface area (TPSA) is 149 Å². The van der Waals surface area contributed by atoms with Gasteiger partial charge >= 0.3 is 0 Å². The number of aliphatic hydroxyl groups excluding tert-OH is 1. The van der Waals surface area contributed by atoms with E-state index < -0.39 is 6.10 Å². The number of carboxylic acid groups (broad SMARTS) is 2. The molecular weight excluding hydrogens is 386 g/mol. The minimum Gasteiger partial charge on any atom is -0.483 e. The average Bonchev–Trinajstić information content (AvgIpc) is 3.30. The number of thiazole rings is 1. The lowest BCUT2D eigenvalue weighted by Gasteiger charge is -2.11. The molecular formula is C18H23N3O6S. The number of amides is 1. The van der Waals surface area contributed by atoms with Crippen molar-refractivity contribution in [2.75, 3.05) is 6.54 Å². The van der Waals surface area contributed by atoms with Crippen molar-refractivity contribution >= 4 is 30.2 Å². The van der Waals surface area contributed by atoms with Crippen molar-refractivity contribution < 1.29 is 29.7 Å². The van der Waals surface area contributed by atoms with Crippen LogP contribution in [0.4, 0.5) is 0 Å². The van der Waals surface area contributed by atoms with Gasteiger partial charge in [0, 0.05) is 13.1 Å². The van der Waals surface area contributed by atoms with E-state index in [2.05, 4.69) is 27.8 Å². The molecule has 1 saturated heterocycles. The lowest BCUT2D eigenvalue weighted by atomic mass is 10.1. The molecule has 1 aromatic carbocycles. The Labute approximate surface area is 166 Å². The highest BCUT2D eigenvalue weighted by Crippen LogP contribution is 2.27. The van der Waals surface area contributed by atoms with E-state index in [-0.39, 0.29) is 24.9 Å². The van der Waals surface area contributed by atoms with E-state index in [4.69, 9.17) is 19.8 Å². The van der Waals surface area contributed by atoms with Crippen molar-refractivity contribution in [1.82, 2.24) is 15.6 Å². The van der Waals surface area contributed by atoms with Gasteiger partial charge in [0.15, 0.2) is 0 Å². The van der Waals surface area contributed by atoms with E-state index in [0.717, 1.165) is 16.8 Å². The molecule has 1 aliphatic rings. The van der Waals surface area contributed by atoms with E-state index >= 15 is 0 Å². The zero-order valence-corrected chi connectivity index (χ0v) is 16.1. The van der Waals surface area contributed by atoms with Crippen molar-refractivity contribution in [3.63, 3.8) is 0 Å². The highest BCUT2D eigenvalue weighted by atomic mass is 32.1. The van der Waals surface area contributed by atoms with Crippen LogP contribution >= 0.6 is 11.3 Å². The molecule has 2 heterocycles. The second-order valence-corrected chi connectivity index (χ2v) is 6.60. The van der Waals surface area contributed by atoms with Crippen LogP contribution < -0.4 is 10.6 Å². The van der Waals surface area contributed by atoms with Crippen LogP contribution in [0, 0.1) is 6.92 Å². The van der Waals surface area contributed by atoms with Crippen LogP contribution in [0.15, 0.2) is 29.8 Å². The Balaban J connectivity index is 0.000000582. The van der Waals surface area contributed by atoms with E-state index in [1.165, 1.54) is 4.88 Å². The summed E-state index contributed by atoms with van der Waals surface area (Å²) in [4.78, 5) is 34.1. The molecule has 152 valence electrons. The zero-order valence-electron chi connectivity index (χ0n) is 15.2. The minimum absolute atomic E-state index is 0.0565. The first-order valence-electron chi connectivity index (χ1n) is 8.31. The first-order chi connectivity index (χ1) is 13.5. The fourth-order valence-electron chi connectivity index (χ4n) is 2.58. The standard InChI is InChI=1S/C16H19N3O2S.2CH2O2/c1-10-15(22-9-19-10)12-4-2-11(3-5-12)7-18-16(21)14-6-13(20)8-17-14;2*2-1-3/h2-5,9,13-14,17,20H,6-8H2,1H3,(H,18,21);2*1H,(H,2,3). The average molecular weight is 409 g/mol. The number of carbonyl (C=O) groups is 3. The van der Waals surface area contributed by atoms with Crippen LogP contribution in [-0.2, 0) is 20.9 Å². The van der Waals surface area contributed by atoms with E-state index in [1.807, 2.05) is 24.6 Å². The summed E-state index contributed by atoms with van der Waals surface area (Å²) in [5.41, 5.74) is 5.09. The molecule has 1 amide bonds. The van der Waals surface area contributed by atoms with E-state index in [9.17, 15) is 9.90 Å². The lowest BCUT2D eigenvalue weighted by molar-refractivity contribution is -0.123. The van der Waals surface area contributed by atoms with Crippen LogP contribution in [0.5, 0.6) is 0 Å². The van der Waals surface area contributed by atoms with Gasteiger partial charge in [-0.1, -0.05) is 24.3 Å². The molecule has 28 heavy (non-hydrogen) atoms. The number of aliphatic hydroxyl groups is 1. The number of aromatic nitrogens is 1. The number of hydrogen-bond acceptors (Lipinski definition) is 7. The number of aryl methyl sites for hydroxylation is 1. The summed E-state index contributed by atoms with van der Waals surface area (Å²) in [6.45, 7) is 2.49. The zero-order chi connectivity index (χ0) is 20.9. The largest absolute Gasteiger partial charge is 0.483 e. The van der Waals surface area contributed by atoms with Crippen LogP contribution in [0.25, 0.3) is 10.4 Å². The van der Waals surface area contributed by atoms with Gasteiger partial charge in [-0.2, -0.15) is 0 Å². The van der Waals surface area contributed by atoms with Gasteiger partial charge in [0.1, 0.15) is 0 Å². The summed E-state index contributed by atoms with van der Waals surface area (Å²) < 4.78 is 0. The summed E-state index contributed by atoms with van der Waals surface area (Å²) in [5, 5.41) is 29.1. The minimum atomic E-state index is -0.419. The van der Waals surface area contributed by atoms with Crippen molar-refractivity contribution in [2.24, 2.45) is 0 Å². The molecule has 0 saturated carbocycles. The highest BCUT2D eigenvalue weighted by Gasteiger charge is 2.27. The van der Waals surface area contributed by atoms with Crippen LogP contribution in [-0.4, -0.2) is 57.8 Å². The third kappa shape index (κ3) is 7.43. The Bertz CT molecular complexity index is 744. The van der Waals surface area contributed by atoms with Crippen LogP contribution in [0.2, 0.25) is 0 Å². The quantitative estimate of drug-likeness (QED) is 0.467. The van der Waals surface area contributed by atoms with Crippen molar-refractivity contribution in [3.8, 4) is 10.4 Å². The lowest BCUT2D eigenvalue weighted by Crippen LogP contribution is -2.39. The Hall–Kier alpha value is -2.82. The SMILES string of the molecule is Cc1ncsc1-c1ccc(CNC(=O)C2CC(O)CN2)cc1.O=CO.O=CO. The van der Waals surface area contributed by atoms with Crippen LogP contribution in [0.1, 0.15) is 17.7 Å². The molecule has 0 bridgehead atoms. The first kappa shape index (κ1) is 23.2. The maximum absolute atomic E-state index is 12.0. The Morgan fingerprint density at radius 3 is 2.36 bits per heavy atom. The van der Waals surface area contributed by atoms with Crippen molar-refractivity contribution in [3.05, 3.63) is 41.0 Å². The predicted octanol–water partition coefficient (Wildman–Crippen LogP) is 0.859. The summed E-state index contributed by atoms with van der Waals surface area (Å²) in [6, 6.07) is 7.87. The number of nitrogens with one attached hydrogen (secondary N) is 2. The van der Waals surface area contributed by atoms with Gasteiger partial charge in [0.2, 0.25) is 5.91 Å². The molecule has 2 aromatic rings. The van der Waals surface area contributed by atoms with Gasteiger partial charge in [-0.25, -0.2) is 4.98 Å². The number of benzene rings is 1. The molecule has 9 nitrogen and oxygen atoms in total. The number of rotatable bonds is 4. The maximum Gasteiger partial charge on any atom is 0.290 e. The molecule has 0 radical (unpaired) electrons.